The lowest BCUT2D eigenvalue weighted by molar-refractivity contribution is -0.159. The number of hydrogen-bond donors (Lipinski definition) is 3. The van der Waals surface area contributed by atoms with E-state index in [0.717, 1.165) is 6.42 Å². The number of aliphatic hydroxyl groups excluding tert-OH is 1. The first-order valence-electron chi connectivity index (χ1n) is 8.34. The van der Waals surface area contributed by atoms with Crippen LogP contribution in [0.25, 0.3) is 0 Å². The van der Waals surface area contributed by atoms with Gasteiger partial charge in [0.25, 0.3) is 9.70 Å². The van der Waals surface area contributed by atoms with Crippen LogP contribution in [0.4, 0.5) is 0 Å². The molecule has 0 radical (unpaired) electrons. The fourth-order valence-electron chi connectivity index (χ4n) is 2.86. The average molecular weight is 417 g/mol. The van der Waals surface area contributed by atoms with Gasteiger partial charge in [0.05, 0.1) is 23.4 Å². The number of halogens is 3. The van der Waals surface area contributed by atoms with Crippen LogP contribution < -0.4 is 5.32 Å². The van der Waals surface area contributed by atoms with Crippen molar-refractivity contribution in [3.63, 3.8) is 0 Å². The first-order chi connectivity index (χ1) is 11.3. The molecule has 1 saturated heterocycles. The summed E-state index contributed by atoms with van der Waals surface area (Å²) in [5.74, 6) is -0.802. The Kier molecular flexibility index (Phi) is 8.06. The molecule has 0 saturated carbocycles. The molecule has 3 N–H and O–H groups in total. The molecule has 1 aliphatic rings. The quantitative estimate of drug-likeness (QED) is 0.439. The lowest BCUT2D eigenvalue weighted by Gasteiger charge is -2.35. The Morgan fingerprint density at radius 1 is 1.44 bits per heavy atom. The maximum absolute atomic E-state index is 11.6. The van der Waals surface area contributed by atoms with Gasteiger partial charge in [0.2, 0.25) is 0 Å². The number of allylic oxidation sites excluding steroid dienone is 2. The van der Waals surface area contributed by atoms with Gasteiger partial charge in [-0.05, 0) is 53.4 Å². The lowest BCUT2D eigenvalue weighted by Crippen LogP contribution is -2.50. The first-order valence-corrected chi connectivity index (χ1v) is 9.48. The molecule has 0 bridgehead atoms. The van der Waals surface area contributed by atoms with E-state index < -0.39 is 27.0 Å². The molecular formula is C17H28Cl3NO4. The summed E-state index contributed by atoms with van der Waals surface area (Å²) in [6, 6.07) is 0. The fourth-order valence-corrected chi connectivity index (χ4v) is 3.06. The third-order valence-corrected chi connectivity index (χ3v) is 5.14. The summed E-state index contributed by atoms with van der Waals surface area (Å²) in [6.07, 6.45) is 3.20. The Bertz CT molecular complexity index is 501. The molecule has 8 heteroatoms. The van der Waals surface area contributed by atoms with Crippen LogP contribution in [-0.4, -0.2) is 49.9 Å². The number of rotatable bonds is 7. The van der Waals surface area contributed by atoms with Crippen LogP contribution in [0.1, 0.15) is 53.4 Å². The Balaban J connectivity index is 2.60. The largest absolute Gasteiger partial charge is 0.388 e. The van der Waals surface area contributed by atoms with Gasteiger partial charge in [-0.15, -0.1) is 0 Å². The number of carbonyl (C=O) groups excluding carboxylic acids is 1. The van der Waals surface area contributed by atoms with Crippen molar-refractivity contribution >= 4 is 40.7 Å². The number of amides is 1. The molecule has 4 atom stereocenters. The van der Waals surface area contributed by atoms with Gasteiger partial charge in [0.1, 0.15) is 0 Å². The third-order valence-electron chi connectivity index (χ3n) is 4.63. The van der Waals surface area contributed by atoms with Crippen LogP contribution in [0.3, 0.4) is 0 Å². The van der Waals surface area contributed by atoms with E-state index in [4.69, 9.17) is 39.5 Å². The van der Waals surface area contributed by atoms with Crippen molar-refractivity contribution in [2.75, 3.05) is 6.54 Å². The number of nitrogens with one attached hydrogen (secondary N) is 1. The van der Waals surface area contributed by atoms with Gasteiger partial charge in [-0.3, -0.25) is 4.79 Å². The van der Waals surface area contributed by atoms with E-state index in [9.17, 15) is 15.0 Å². The summed E-state index contributed by atoms with van der Waals surface area (Å²) in [4.78, 5) is 11.6. The van der Waals surface area contributed by atoms with Crippen LogP contribution in [0.2, 0.25) is 0 Å². The van der Waals surface area contributed by atoms with Gasteiger partial charge in [-0.2, -0.15) is 0 Å². The van der Waals surface area contributed by atoms with E-state index >= 15 is 0 Å². The molecule has 1 heterocycles. The smallest absolute Gasteiger partial charge is 0.272 e. The summed E-state index contributed by atoms with van der Waals surface area (Å²) in [7, 11) is 0. The highest BCUT2D eigenvalue weighted by Crippen LogP contribution is 2.39. The van der Waals surface area contributed by atoms with E-state index in [2.05, 4.69) is 11.4 Å². The topological polar surface area (TPSA) is 78.8 Å². The molecule has 1 amide bonds. The highest BCUT2D eigenvalue weighted by Gasteiger charge is 2.47. The van der Waals surface area contributed by atoms with Crippen LogP contribution in [0.15, 0.2) is 11.6 Å². The molecular weight excluding hydrogens is 389 g/mol. The lowest BCUT2D eigenvalue weighted by atomic mass is 9.89. The Morgan fingerprint density at radius 2 is 2.04 bits per heavy atom. The zero-order valence-corrected chi connectivity index (χ0v) is 17.4. The predicted octanol–water partition coefficient (Wildman–Crippen LogP) is 3.27. The van der Waals surface area contributed by atoms with E-state index in [1.54, 1.807) is 13.8 Å². The minimum Gasteiger partial charge on any atom is -0.388 e. The van der Waals surface area contributed by atoms with Gasteiger partial charge in [0, 0.05) is 6.54 Å². The monoisotopic (exact) mass is 415 g/mol. The third kappa shape index (κ3) is 6.89. The van der Waals surface area contributed by atoms with Crippen molar-refractivity contribution in [2.24, 2.45) is 0 Å². The summed E-state index contributed by atoms with van der Waals surface area (Å²) in [6.45, 7) is 7.43. The zero-order valence-electron chi connectivity index (χ0n) is 15.1. The van der Waals surface area contributed by atoms with Gasteiger partial charge < -0.3 is 20.3 Å². The highest BCUT2D eigenvalue weighted by atomic mass is 35.6. The summed E-state index contributed by atoms with van der Waals surface area (Å²) >= 11 is 16.4. The second-order valence-electron chi connectivity index (χ2n) is 7.36. The van der Waals surface area contributed by atoms with E-state index in [0.29, 0.717) is 19.3 Å². The van der Waals surface area contributed by atoms with Gasteiger partial charge >= 0.3 is 0 Å². The molecule has 146 valence electrons. The highest BCUT2D eigenvalue weighted by molar-refractivity contribution is 6.76. The number of ether oxygens (including phenoxy) is 1. The van der Waals surface area contributed by atoms with Crippen molar-refractivity contribution in [3.8, 4) is 0 Å². The Morgan fingerprint density at radius 3 is 2.56 bits per heavy atom. The van der Waals surface area contributed by atoms with E-state index in [1.807, 2.05) is 13.8 Å². The number of aliphatic hydroxyl groups is 2. The molecule has 1 aliphatic heterocycles. The maximum atomic E-state index is 11.6. The molecule has 0 spiro atoms. The van der Waals surface area contributed by atoms with Crippen LogP contribution in [0.5, 0.6) is 0 Å². The average Bonchev–Trinajstić information content (AvgIpc) is 2.87. The van der Waals surface area contributed by atoms with Crippen molar-refractivity contribution < 1.29 is 19.7 Å². The standard InChI is InChI=1S/C17H28Cl3NO4/c1-11(2)6-5-8-15(3,24)13-7-9-16(4,25-13)12(22)10-21-14(23)17(18,19)20/h6,12-13,22,24H,5,7-10H2,1-4H3,(H,21,23)/t12-,13+,15+,16-/m0/s1. The molecule has 0 aromatic heterocycles. The van der Waals surface area contributed by atoms with Crippen molar-refractivity contribution in [1.29, 1.82) is 0 Å². The Labute approximate surface area is 164 Å². The number of hydrogen-bond acceptors (Lipinski definition) is 4. The number of carbonyl (C=O) groups is 1. The van der Waals surface area contributed by atoms with E-state index in [1.165, 1.54) is 5.57 Å². The van der Waals surface area contributed by atoms with Crippen LogP contribution >= 0.6 is 34.8 Å². The summed E-state index contributed by atoms with van der Waals surface area (Å²) in [5.41, 5.74) is -0.677. The Hall–Kier alpha value is -0.0400. The van der Waals surface area contributed by atoms with Gasteiger partial charge in [-0.1, -0.05) is 46.5 Å². The fraction of sp³-hybridized carbons (Fsp3) is 0.824. The van der Waals surface area contributed by atoms with Gasteiger partial charge in [0.15, 0.2) is 0 Å². The van der Waals surface area contributed by atoms with Crippen molar-refractivity contribution in [1.82, 2.24) is 5.32 Å². The SMILES string of the molecule is CC(C)=CCC[C@@](C)(O)[C@H]1CC[C@@](C)([C@@H](O)CNC(=O)C(Cl)(Cl)Cl)O1. The maximum Gasteiger partial charge on any atom is 0.272 e. The predicted molar refractivity (Wildman–Crippen MR) is 101 cm³/mol. The van der Waals surface area contributed by atoms with Gasteiger partial charge in [-0.25, -0.2) is 0 Å². The molecule has 5 nitrogen and oxygen atoms in total. The summed E-state index contributed by atoms with van der Waals surface area (Å²) in [5, 5.41) is 23.5. The molecule has 0 unspecified atom stereocenters. The van der Waals surface area contributed by atoms with Crippen molar-refractivity contribution in [3.05, 3.63) is 11.6 Å². The minimum atomic E-state index is -2.08. The normalized spacial score (nSPS) is 27.5. The molecule has 1 rings (SSSR count). The first kappa shape index (κ1) is 23.0. The number of alkyl halides is 3. The molecule has 1 fully saturated rings. The second kappa shape index (κ2) is 8.77. The molecule has 0 aromatic rings. The van der Waals surface area contributed by atoms with Crippen LogP contribution in [0, 0.1) is 0 Å². The molecule has 0 aliphatic carbocycles. The van der Waals surface area contributed by atoms with Crippen molar-refractivity contribution in [2.45, 2.75) is 80.6 Å². The zero-order chi connectivity index (χ0) is 19.5. The molecule has 0 aromatic carbocycles. The minimum absolute atomic E-state index is 0.101. The summed E-state index contributed by atoms with van der Waals surface area (Å²) < 4.78 is 3.90. The van der Waals surface area contributed by atoms with E-state index in [-0.39, 0.29) is 12.6 Å². The van der Waals surface area contributed by atoms with Crippen LogP contribution in [-0.2, 0) is 9.53 Å². The molecule has 25 heavy (non-hydrogen) atoms. The second-order valence-corrected chi connectivity index (χ2v) is 9.64.